The molecule has 0 radical (unpaired) electrons. The SMILES string of the molecule is Clc1nc(-c2cc(Br)c(Br)s2)nc(Cl)c1C1CCCC1. The van der Waals surface area contributed by atoms with E-state index in [9.17, 15) is 0 Å². The summed E-state index contributed by atoms with van der Waals surface area (Å²) in [5.41, 5.74) is 0.921. The number of hydrogen-bond donors (Lipinski definition) is 0. The van der Waals surface area contributed by atoms with Crippen molar-refractivity contribution in [2.75, 3.05) is 0 Å². The number of rotatable bonds is 2. The Morgan fingerprint density at radius 1 is 1.10 bits per heavy atom. The third kappa shape index (κ3) is 2.93. The van der Waals surface area contributed by atoms with Gasteiger partial charge in [-0.3, -0.25) is 0 Å². The maximum absolute atomic E-state index is 6.36. The van der Waals surface area contributed by atoms with Crippen molar-refractivity contribution in [3.63, 3.8) is 0 Å². The van der Waals surface area contributed by atoms with Crippen molar-refractivity contribution in [3.05, 3.63) is 30.2 Å². The molecule has 7 heteroatoms. The van der Waals surface area contributed by atoms with Crippen LogP contribution in [0.25, 0.3) is 10.7 Å². The van der Waals surface area contributed by atoms with Gasteiger partial charge in [0.25, 0.3) is 0 Å². The van der Waals surface area contributed by atoms with Crippen LogP contribution in [0.1, 0.15) is 37.2 Å². The van der Waals surface area contributed by atoms with Gasteiger partial charge in [-0.15, -0.1) is 11.3 Å². The van der Waals surface area contributed by atoms with Gasteiger partial charge in [-0.1, -0.05) is 36.0 Å². The van der Waals surface area contributed by atoms with Gasteiger partial charge < -0.3 is 0 Å². The zero-order valence-corrected chi connectivity index (χ0v) is 15.8. The Kier molecular flexibility index (Phi) is 4.73. The van der Waals surface area contributed by atoms with Crippen molar-refractivity contribution in [3.8, 4) is 10.7 Å². The van der Waals surface area contributed by atoms with Gasteiger partial charge in [-0.2, -0.15) is 0 Å². The number of hydrogen-bond acceptors (Lipinski definition) is 3. The molecule has 2 nitrogen and oxygen atoms in total. The summed E-state index contributed by atoms with van der Waals surface area (Å²) in [5.74, 6) is 0.990. The van der Waals surface area contributed by atoms with Gasteiger partial charge in [0.05, 0.1) is 8.66 Å². The lowest BCUT2D eigenvalue weighted by molar-refractivity contribution is 0.715. The molecule has 0 aliphatic heterocycles. The smallest absolute Gasteiger partial charge is 0.172 e. The van der Waals surface area contributed by atoms with Crippen molar-refractivity contribution >= 4 is 66.4 Å². The Morgan fingerprint density at radius 3 is 2.20 bits per heavy atom. The van der Waals surface area contributed by atoms with E-state index in [0.29, 0.717) is 22.0 Å². The number of thiophene rings is 1. The van der Waals surface area contributed by atoms with Crippen LogP contribution in [-0.2, 0) is 0 Å². The van der Waals surface area contributed by atoms with E-state index in [1.165, 1.54) is 12.8 Å². The van der Waals surface area contributed by atoms with Crippen LogP contribution in [-0.4, -0.2) is 9.97 Å². The second kappa shape index (κ2) is 6.21. The van der Waals surface area contributed by atoms with Crippen LogP contribution in [0.5, 0.6) is 0 Å². The first-order valence-corrected chi connectivity index (χ1v) is 9.40. The molecule has 0 bridgehead atoms. The maximum atomic E-state index is 6.36. The minimum atomic E-state index is 0.408. The third-order valence-corrected chi connectivity index (χ3v) is 7.31. The first-order valence-electron chi connectivity index (χ1n) is 6.24. The molecule has 0 spiro atoms. The molecule has 1 aliphatic carbocycles. The predicted molar refractivity (Wildman–Crippen MR) is 92.0 cm³/mol. The lowest BCUT2D eigenvalue weighted by Gasteiger charge is -2.13. The van der Waals surface area contributed by atoms with Crippen molar-refractivity contribution in [2.45, 2.75) is 31.6 Å². The fraction of sp³-hybridized carbons (Fsp3) is 0.385. The molecular formula is C13H10Br2Cl2N2S. The molecule has 2 aromatic rings. The molecule has 3 rings (SSSR count). The van der Waals surface area contributed by atoms with E-state index in [1.54, 1.807) is 11.3 Å². The van der Waals surface area contributed by atoms with Crippen LogP contribution in [0.2, 0.25) is 10.3 Å². The average molecular weight is 457 g/mol. The Balaban J connectivity index is 2.02. The molecule has 2 heterocycles. The Labute approximate surface area is 148 Å². The van der Waals surface area contributed by atoms with E-state index < -0.39 is 0 Å². The minimum Gasteiger partial charge on any atom is -0.215 e. The highest BCUT2D eigenvalue weighted by atomic mass is 79.9. The quantitative estimate of drug-likeness (QED) is 0.470. The minimum absolute atomic E-state index is 0.408. The van der Waals surface area contributed by atoms with Crippen LogP contribution in [0, 0.1) is 0 Å². The number of aromatic nitrogens is 2. The zero-order chi connectivity index (χ0) is 14.3. The molecule has 0 atom stereocenters. The van der Waals surface area contributed by atoms with Crippen molar-refractivity contribution in [1.82, 2.24) is 9.97 Å². The molecule has 0 N–H and O–H groups in total. The Morgan fingerprint density at radius 2 is 1.70 bits per heavy atom. The summed E-state index contributed by atoms with van der Waals surface area (Å²) in [6.07, 6.45) is 4.70. The van der Waals surface area contributed by atoms with Gasteiger partial charge in [0, 0.05) is 10.0 Å². The molecule has 0 amide bonds. The Hall–Kier alpha value is 0.320. The van der Waals surface area contributed by atoms with Crippen LogP contribution in [0.4, 0.5) is 0 Å². The monoisotopic (exact) mass is 454 g/mol. The molecule has 0 unspecified atom stereocenters. The molecule has 0 aromatic carbocycles. The highest BCUT2D eigenvalue weighted by molar-refractivity contribution is 9.13. The number of nitrogens with zero attached hydrogens (tertiary/aromatic N) is 2. The van der Waals surface area contributed by atoms with E-state index in [4.69, 9.17) is 23.2 Å². The van der Waals surface area contributed by atoms with Crippen molar-refractivity contribution < 1.29 is 0 Å². The molecule has 1 aliphatic rings. The molecular weight excluding hydrogens is 447 g/mol. The number of halogens is 4. The highest BCUT2D eigenvalue weighted by Crippen LogP contribution is 2.42. The highest BCUT2D eigenvalue weighted by Gasteiger charge is 2.25. The summed E-state index contributed by atoms with van der Waals surface area (Å²) >= 11 is 21.2. The second-order valence-electron chi connectivity index (χ2n) is 4.76. The van der Waals surface area contributed by atoms with Crippen LogP contribution in [0.15, 0.2) is 14.3 Å². The van der Waals surface area contributed by atoms with Gasteiger partial charge >= 0.3 is 0 Å². The fourth-order valence-electron chi connectivity index (χ4n) is 2.53. The van der Waals surface area contributed by atoms with Crippen molar-refractivity contribution in [1.29, 1.82) is 0 Å². The van der Waals surface area contributed by atoms with Crippen LogP contribution >= 0.6 is 66.4 Å². The summed E-state index contributed by atoms with van der Waals surface area (Å²) in [7, 11) is 0. The van der Waals surface area contributed by atoms with Gasteiger partial charge in [-0.25, -0.2) is 9.97 Å². The molecule has 1 saturated carbocycles. The summed E-state index contributed by atoms with van der Waals surface area (Å²) < 4.78 is 1.98. The van der Waals surface area contributed by atoms with Crippen LogP contribution in [0.3, 0.4) is 0 Å². The second-order valence-corrected chi connectivity index (χ2v) is 8.70. The van der Waals surface area contributed by atoms with Crippen molar-refractivity contribution in [2.24, 2.45) is 0 Å². The van der Waals surface area contributed by atoms with E-state index in [1.807, 2.05) is 6.07 Å². The van der Waals surface area contributed by atoms with Gasteiger partial charge in [0.15, 0.2) is 5.82 Å². The predicted octanol–water partition coefficient (Wildman–Crippen LogP) is 6.69. The average Bonchev–Trinajstić information content (AvgIpc) is 3.00. The van der Waals surface area contributed by atoms with E-state index in [2.05, 4.69) is 41.8 Å². The van der Waals surface area contributed by atoms with E-state index in [-0.39, 0.29) is 0 Å². The zero-order valence-electron chi connectivity index (χ0n) is 10.3. The summed E-state index contributed by atoms with van der Waals surface area (Å²) in [5, 5.41) is 0.986. The Bertz CT molecular complexity index is 611. The van der Waals surface area contributed by atoms with E-state index >= 15 is 0 Å². The largest absolute Gasteiger partial charge is 0.215 e. The third-order valence-electron chi connectivity index (χ3n) is 3.48. The first-order chi connectivity index (χ1) is 9.56. The lowest BCUT2D eigenvalue weighted by Crippen LogP contribution is -2.01. The van der Waals surface area contributed by atoms with Gasteiger partial charge in [0.1, 0.15) is 10.3 Å². The summed E-state index contributed by atoms with van der Waals surface area (Å²) in [6, 6.07) is 1.96. The summed E-state index contributed by atoms with van der Waals surface area (Å²) in [4.78, 5) is 9.82. The lowest BCUT2D eigenvalue weighted by atomic mass is 10.0. The fourth-order valence-corrected chi connectivity index (χ4v) is 5.20. The van der Waals surface area contributed by atoms with Gasteiger partial charge in [-0.05, 0) is 56.7 Å². The molecule has 106 valence electrons. The molecule has 2 aromatic heterocycles. The van der Waals surface area contributed by atoms with E-state index in [0.717, 1.165) is 31.5 Å². The summed E-state index contributed by atoms with van der Waals surface area (Å²) in [6.45, 7) is 0. The maximum Gasteiger partial charge on any atom is 0.172 e. The van der Waals surface area contributed by atoms with Crippen LogP contribution < -0.4 is 0 Å². The molecule has 0 saturated heterocycles. The molecule has 20 heavy (non-hydrogen) atoms. The topological polar surface area (TPSA) is 25.8 Å². The standard InChI is InChI=1S/C13H10Br2Cl2N2S/c14-7-5-8(20-10(7)15)13-18-11(16)9(12(17)19-13)6-3-1-2-4-6/h5-6H,1-4H2. The first kappa shape index (κ1) is 15.2. The molecule has 1 fully saturated rings. The normalized spacial score (nSPS) is 16.0. The van der Waals surface area contributed by atoms with Gasteiger partial charge in [0.2, 0.25) is 0 Å².